The Kier molecular flexibility index (Phi) is 4.65. The summed E-state index contributed by atoms with van der Waals surface area (Å²) in [6.45, 7) is 0.960. The Bertz CT molecular complexity index is 460. The van der Waals surface area contributed by atoms with E-state index in [4.69, 9.17) is 4.74 Å². The van der Waals surface area contributed by atoms with Crippen LogP contribution in [0.3, 0.4) is 0 Å². The maximum absolute atomic E-state index is 5.55. The van der Waals surface area contributed by atoms with Gasteiger partial charge in [0.15, 0.2) is 0 Å². The number of hydrogen-bond acceptors (Lipinski definition) is 3. The van der Waals surface area contributed by atoms with Crippen LogP contribution in [0.1, 0.15) is 11.4 Å². The highest BCUT2D eigenvalue weighted by Gasteiger charge is 1.98. The van der Waals surface area contributed by atoms with Crippen LogP contribution < -0.4 is 0 Å². The van der Waals surface area contributed by atoms with Crippen molar-refractivity contribution in [1.82, 2.24) is 9.97 Å². The first-order valence-corrected chi connectivity index (χ1v) is 6.63. The molecule has 0 unspecified atom stereocenters. The van der Waals surface area contributed by atoms with Gasteiger partial charge in [-0.2, -0.15) is 0 Å². The molecule has 0 saturated carbocycles. The largest absolute Gasteiger partial charge is 0.369 e. The maximum atomic E-state index is 5.55. The molecule has 2 aromatic heterocycles. The van der Waals surface area contributed by atoms with Crippen molar-refractivity contribution in [2.75, 3.05) is 0 Å². The third kappa shape index (κ3) is 4.18. The van der Waals surface area contributed by atoms with Crippen molar-refractivity contribution in [3.05, 3.63) is 57.0 Å². The van der Waals surface area contributed by atoms with E-state index in [0.717, 1.165) is 20.6 Å². The Morgan fingerprint density at radius 1 is 0.824 bits per heavy atom. The molecule has 0 atom stereocenters. The molecule has 2 aromatic rings. The molecule has 5 heteroatoms. The van der Waals surface area contributed by atoms with Gasteiger partial charge in [-0.1, -0.05) is 12.1 Å². The first-order chi connectivity index (χ1) is 8.24. The zero-order valence-electron chi connectivity index (χ0n) is 8.94. The average Bonchev–Trinajstić information content (AvgIpc) is 2.29. The molecule has 0 amide bonds. The second-order valence-electron chi connectivity index (χ2n) is 3.40. The van der Waals surface area contributed by atoms with Gasteiger partial charge in [-0.25, -0.2) is 9.97 Å². The third-order valence-corrected chi connectivity index (χ3v) is 2.93. The molecule has 0 N–H and O–H groups in total. The number of nitrogens with zero attached hydrogens (tertiary/aromatic N) is 2. The average molecular weight is 358 g/mol. The lowest BCUT2D eigenvalue weighted by Gasteiger charge is -2.04. The molecule has 2 heterocycles. The molecule has 0 saturated heterocycles. The molecule has 0 fully saturated rings. The van der Waals surface area contributed by atoms with Gasteiger partial charge >= 0.3 is 0 Å². The summed E-state index contributed by atoms with van der Waals surface area (Å²) in [5.41, 5.74) is 1.80. The van der Waals surface area contributed by atoms with Crippen LogP contribution in [0.4, 0.5) is 0 Å². The zero-order valence-corrected chi connectivity index (χ0v) is 12.1. The Morgan fingerprint density at radius 3 is 1.71 bits per heavy atom. The van der Waals surface area contributed by atoms with Crippen LogP contribution in [0.25, 0.3) is 0 Å². The lowest BCUT2D eigenvalue weighted by atomic mass is 10.3. The fourth-order valence-electron chi connectivity index (χ4n) is 1.32. The van der Waals surface area contributed by atoms with Gasteiger partial charge in [-0.15, -0.1) is 0 Å². The first kappa shape index (κ1) is 12.7. The number of halogens is 2. The molecule has 0 spiro atoms. The zero-order chi connectivity index (χ0) is 12.1. The van der Waals surface area contributed by atoms with Crippen molar-refractivity contribution >= 4 is 31.9 Å². The summed E-state index contributed by atoms with van der Waals surface area (Å²) in [5.74, 6) is 0. The summed E-state index contributed by atoms with van der Waals surface area (Å²) < 4.78 is 7.19. The fraction of sp³-hybridized carbons (Fsp3) is 0.167. The van der Waals surface area contributed by atoms with Gasteiger partial charge in [0, 0.05) is 0 Å². The van der Waals surface area contributed by atoms with Crippen LogP contribution in [0.5, 0.6) is 0 Å². The smallest absolute Gasteiger partial charge is 0.106 e. The molecular weight excluding hydrogens is 348 g/mol. The van der Waals surface area contributed by atoms with E-state index in [2.05, 4.69) is 41.8 Å². The van der Waals surface area contributed by atoms with E-state index in [1.54, 1.807) is 0 Å². The van der Waals surface area contributed by atoms with Crippen LogP contribution in [0.2, 0.25) is 0 Å². The van der Waals surface area contributed by atoms with Gasteiger partial charge < -0.3 is 4.74 Å². The number of hydrogen-bond donors (Lipinski definition) is 0. The first-order valence-electron chi connectivity index (χ1n) is 5.04. The summed E-state index contributed by atoms with van der Waals surface area (Å²) in [4.78, 5) is 8.57. The highest BCUT2D eigenvalue weighted by molar-refractivity contribution is 9.10. The molecule has 88 valence electrons. The van der Waals surface area contributed by atoms with Gasteiger partial charge in [-0.3, -0.25) is 0 Å². The van der Waals surface area contributed by atoms with Crippen LogP contribution in [0.15, 0.2) is 45.6 Å². The van der Waals surface area contributed by atoms with Crippen LogP contribution >= 0.6 is 31.9 Å². The normalized spacial score (nSPS) is 10.5. The van der Waals surface area contributed by atoms with Crippen molar-refractivity contribution in [3.8, 4) is 0 Å². The number of pyridine rings is 2. The van der Waals surface area contributed by atoms with Crippen molar-refractivity contribution in [2.24, 2.45) is 0 Å². The number of rotatable bonds is 4. The van der Waals surface area contributed by atoms with Crippen molar-refractivity contribution in [2.45, 2.75) is 13.2 Å². The quantitative estimate of drug-likeness (QED) is 0.782. The maximum Gasteiger partial charge on any atom is 0.106 e. The summed E-state index contributed by atoms with van der Waals surface area (Å²) in [7, 11) is 0. The SMILES string of the molecule is Brc1cccc(COCc2cccc(Br)n2)n1. The summed E-state index contributed by atoms with van der Waals surface area (Å²) in [5, 5.41) is 0. The van der Waals surface area contributed by atoms with Crippen LogP contribution in [-0.4, -0.2) is 9.97 Å². The number of ether oxygens (including phenoxy) is 1. The highest BCUT2D eigenvalue weighted by atomic mass is 79.9. The molecular formula is C12H10Br2N2O. The standard InChI is InChI=1S/C12H10Br2N2O/c13-11-5-1-3-9(15-11)7-17-8-10-4-2-6-12(14)16-10/h1-6H,7-8H2. The van der Waals surface area contributed by atoms with Crippen LogP contribution in [-0.2, 0) is 18.0 Å². The van der Waals surface area contributed by atoms with Crippen molar-refractivity contribution in [3.63, 3.8) is 0 Å². The Balaban J connectivity index is 1.87. The van der Waals surface area contributed by atoms with Crippen LogP contribution in [0, 0.1) is 0 Å². The number of aromatic nitrogens is 2. The molecule has 0 bridgehead atoms. The lowest BCUT2D eigenvalue weighted by Crippen LogP contribution is -1.98. The molecule has 0 radical (unpaired) electrons. The lowest BCUT2D eigenvalue weighted by molar-refractivity contribution is 0.102. The molecule has 0 aliphatic rings. The van der Waals surface area contributed by atoms with Crippen molar-refractivity contribution in [1.29, 1.82) is 0 Å². The Labute approximate surface area is 117 Å². The van der Waals surface area contributed by atoms with E-state index in [0.29, 0.717) is 13.2 Å². The second kappa shape index (κ2) is 6.23. The second-order valence-corrected chi connectivity index (χ2v) is 5.02. The monoisotopic (exact) mass is 356 g/mol. The van der Waals surface area contributed by atoms with Gasteiger partial charge in [0.1, 0.15) is 9.21 Å². The molecule has 2 rings (SSSR count). The predicted molar refractivity (Wildman–Crippen MR) is 72.4 cm³/mol. The Hall–Kier alpha value is -0.780. The van der Waals surface area contributed by atoms with E-state index < -0.39 is 0 Å². The van der Waals surface area contributed by atoms with Gasteiger partial charge in [0.05, 0.1) is 24.6 Å². The summed E-state index contributed by atoms with van der Waals surface area (Å²) in [6, 6.07) is 11.5. The van der Waals surface area contributed by atoms with Crippen molar-refractivity contribution < 1.29 is 4.74 Å². The van der Waals surface area contributed by atoms with Gasteiger partial charge in [0.25, 0.3) is 0 Å². The summed E-state index contributed by atoms with van der Waals surface area (Å²) in [6.07, 6.45) is 0. The Morgan fingerprint density at radius 2 is 1.29 bits per heavy atom. The highest BCUT2D eigenvalue weighted by Crippen LogP contribution is 2.10. The molecule has 0 aliphatic carbocycles. The predicted octanol–water partition coefficient (Wildman–Crippen LogP) is 3.72. The summed E-state index contributed by atoms with van der Waals surface area (Å²) >= 11 is 6.65. The van der Waals surface area contributed by atoms with E-state index in [1.807, 2.05) is 36.4 Å². The topological polar surface area (TPSA) is 35.0 Å². The molecule has 3 nitrogen and oxygen atoms in total. The molecule has 0 aromatic carbocycles. The van der Waals surface area contributed by atoms with Gasteiger partial charge in [-0.05, 0) is 56.1 Å². The molecule has 0 aliphatic heterocycles. The third-order valence-electron chi connectivity index (χ3n) is 2.05. The van der Waals surface area contributed by atoms with E-state index in [-0.39, 0.29) is 0 Å². The van der Waals surface area contributed by atoms with Gasteiger partial charge in [0.2, 0.25) is 0 Å². The minimum Gasteiger partial charge on any atom is -0.369 e. The fourth-order valence-corrected chi connectivity index (χ4v) is 2.08. The minimum absolute atomic E-state index is 0.480. The van der Waals surface area contributed by atoms with E-state index in [1.165, 1.54) is 0 Å². The van der Waals surface area contributed by atoms with E-state index in [9.17, 15) is 0 Å². The molecule has 17 heavy (non-hydrogen) atoms. The van der Waals surface area contributed by atoms with E-state index >= 15 is 0 Å². The minimum atomic E-state index is 0.480.